The van der Waals surface area contributed by atoms with Crippen LogP contribution in [0.5, 0.6) is 0 Å². The molecule has 0 aliphatic carbocycles. The van der Waals surface area contributed by atoms with Gasteiger partial charge in [0.1, 0.15) is 10.7 Å². The first-order valence-electron chi connectivity index (χ1n) is 8.15. The number of carbonyl (C=O) groups excluding carboxylic acids is 1. The van der Waals surface area contributed by atoms with Crippen molar-refractivity contribution in [3.63, 3.8) is 0 Å². The quantitative estimate of drug-likeness (QED) is 0.680. The highest BCUT2D eigenvalue weighted by molar-refractivity contribution is 7.13. The number of carbonyl (C=O) groups is 1. The van der Waals surface area contributed by atoms with Gasteiger partial charge in [0.05, 0.1) is 0 Å². The number of rotatable bonds is 2. The molecule has 1 aliphatic rings. The van der Waals surface area contributed by atoms with Crippen LogP contribution in [0.15, 0.2) is 53.9 Å². The van der Waals surface area contributed by atoms with Gasteiger partial charge in [-0.15, -0.1) is 11.3 Å². The third-order valence-corrected chi connectivity index (χ3v) is 5.23. The second kappa shape index (κ2) is 6.21. The number of fused-ring (bicyclic) bond motifs is 1. The Balaban J connectivity index is 1.65. The van der Waals surface area contributed by atoms with Crippen LogP contribution < -0.4 is 4.90 Å². The molecule has 2 aromatic carbocycles. The first-order chi connectivity index (χ1) is 11.7. The maximum atomic E-state index is 13.0. The summed E-state index contributed by atoms with van der Waals surface area (Å²) in [6, 6.07) is 16.3. The van der Waals surface area contributed by atoms with E-state index >= 15 is 0 Å². The van der Waals surface area contributed by atoms with Gasteiger partial charge in [-0.25, -0.2) is 4.98 Å². The van der Waals surface area contributed by atoms with Crippen molar-refractivity contribution in [1.82, 2.24) is 4.98 Å². The summed E-state index contributed by atoms with van der Waals surface area (Å²) < 4.78 is 0. The minimum absolute atomic E-state index is 0.00164. The molecule has 0 N–H and O–H groups in total. The van der Waals surface area contributed by atoms with E-state index in [0.717, 1.165) is 35.6 Å². The lowest BCUT2D eigenvalue weighted by molar-refractivity contribution is 0.0981. The zero-order valence-corrected chi connectivity index (χ0v) is 14.3. The van der Waals surface area contributed by atoms with Crippen molar-refractivity contribution in [3.8, 4) is 10.6 Å². The largest absolute Gasteiger partial charge is 0.307 e. The summed E-state index contributed by atoms with van der Waals surface area (Å²) >= 11 is 1.52. The van der Waals surface area contributed by atoms with Gasteiger partial charge in [-0.1, -0.05) is 48.0 Å². The standard InChI is InChI=1S/C20H18N2OS/c1-14-9-10-18-16(12-14)8-5-11-22(18)20(23)17-13-24-19(21-17)15-6-3-2-4-7-15/h2-4,6-7,9-10,12-13H,5,8,11H2,1H3. The molecular weight excluding hydrogens is 316 g/mol. The van der Waals surface area contributed by atoms with E-state index in [-0.39, 0.29) is 5.91 Å². The van der Waals surface area contributed by atoms with Gasteiger partial charge in [0.2, 0.25) is 0 Å². The van der Waals surface area contributed by atoms with Crippen LogP contribution >= 0.6 is 11.3 Å². The molecule has 0 fully saturated rings. The molecule has 0 spiro atoms. The highest BCUT2D eigenvalue weighted by Crippen LogP contribution is 2.30. The number of hydrogen-bond acceptors (Lipinski definition) is 3. The molecule has 120 valence electrons. The molecule has 0 radical (unpaired) electrons. The molecule has 4 rings (SSSR count). The molecule has 3 nitrogen and oxygen atoms in total. The van der Waals surface area contributed by atoms with E-state index < -0.39 is 0 Å². The van der Waals surface area contributed by atoms with Crippen LogP contribution in [0.1, 0.15) is 28.0 Å². The molecule has 0 saturated heterocycles. The highest BCUT2D eigenvalue weighted by atomic mass is 32.1. The van der Waals surface area contributed by atoms with E-state index in [9.17, 15) is 4.79 Å². The molecule has 1 aliphatic heterocycles. The van der Waals surface area contributed by atoms with Crippen molar-refractivity contribution < 1.29 is 4.79 Å². The maximum Gasteiger partial charge on any atom is 0.277 e. The first kappa shape index (κ1) is 15.1. The van der Waals surface area contributed by atoms with Crippen molar-refractivity contribution in [1.29, 1.82) is 0 Å². The summed E-state index contributed by atoms with van der Waals surface area (Å²) in [6.07, 6.45) is 2.03. The monoisotopic (exact) mass is 334 g/mol. The van der Waals surface area contributed by atoms with Gasteiger partial charge in [-0.3, -0.25) is 4.79 Å². The Bertz CT molecular complexity index is 886. The zero-order valence-electron chi connectivity index (χ0n) is 13.5. The molecule has 0 bridgehead atoms. The number of amides is 1. The molecule has 24 heavy (non-hydrogen) atoms. The molecule has 0 unspecified atom stereocenters. The van der Waals surface area contributed by atoms with E-state index in [1.54, 1.807) is 0 Å². The molecule has 2 heterocycles. The number of nitrogens with zero attached hydrogens (tertiary/aromatic N) is 2. The van der Waals surface area contributed by atoms with Crippen LogP contribution in [0.4, 0.5) is 5.69 Å². The van der Waals surface area contributed by atoms with Crippen LogP contribution in [-0.2, 0) is 6.42 Å². The Hall–Kier alpha value is -2.46. The Kier molecular flexibility index (Phi) is 3.90. The molecule has 0 atom stereocenters. The van der Waals surface area contributed by atoms with Crippen LogP contribution in [-0.4, -0.2) is 17.4 Å². The van der Waals surface area contributed by atoms with E-state index in [1.807, 2.05) is 40.6 Å². The van der Waals surface area contributed by atoms with Crippen molar-refractivity contribution in [2.75, 3.05) is 11.4 Å². The van der Waals surface area contributed by atoms with Crippen molar-refractivity contribution in [3.05, 3.63) is 70.7 Å². The molecular formula is C20H18N2OS. The summed E-state index contributed by atoms with van der Waals surface area (Å²) in [6.45, 7) is 2.85. The number of benzene rings is 2. The van der Waals surface area contributed by atoms with E-state index in [1.165, 1.54) is 22.5 Å². The van der Waals surface area contributed by atoms with Gasteiger partial charge < -0.3 is 4.90 Å². The van der Waals surface area contributed by atoms with Crippen molar-refractivity contribution in [2.24, 2.45) is 0 Å². The predicted octanol–water partition coefficient (Wildman–Crippen LogP) is 4.71. The fourth-order valence-electron chi connectivity index (χ4n) is 3.16. The van der Waals surface area contributed by atoms with E-state index in [4.69, 9.17) is 0 Å². The third-order valence-electron chi connectivity index (χ3n) is 4.34. The van der Waals surface area contributed by atoms with Gasteiger partial charge in [-0.2, -0.15) is 0 Å². The molecule has 0 saturated carbocycles. The SMILES string of the molecule is Cc1ccc2c(c1)CCCN2C(=O)c1csc(-c2ccccc2)n1. The van der Waals surface area contributed by atoms with Crippen LogP contribution in [0.25, 0.3) is 10.6 Å². The fourth-order valence-corrected chi connectivity index (χ4v) is 3.96. The summed E-state index contributed by atoms with van der Waals surface area (Å²) in [7, 11) is 0. The van der Waals surface area contributed by atoms with E-state index in [2.05, 4.69) is 30.1 Å². The van der Waals surface area contributed by atoms with Gasteiger partial charge in [0.25, 0.3) is 5.91 Å². The number of aryl methyl sites for hydroxylation is 2. The molecule has 3 aromatic rings. The maximum absolute atomic E-state index is 13.0. The number of thiazole rings is 1. The highest BCUT2D eigenvalue weighted by Gasteiger charge is 2.25. The average molecular weight is 334 g/mol. The summed E-state index contributed by atoms with van der Waals surface area (Å²) in [4.78, 5) is 19.4. The second-order valence-electron chi connectivity index (χ2n) is 6.10. The lowest BCUT2D eigenvalue weighted by Crippen LogP contribution is -2.35. The Labute approximate surface area is 145 Å². The normalized spacial score (nSPS) is 13.6. The van der Waals surface area contributed by atoms with Crippen molar-refractivity contribution >= 4 is 22.9 Å². The lowest BCUT2D eigenvalue weighted by Gasteiger charge is -2.29. The van der Waals surface area contributed by atoms with E-state index in [0.29, 0.717) is 5.69 Å². The Morgan fingerprint density at radius 2 is 2.00 bits per heavy atom. The lowest BCUT2D eigenvalue weighted by atomic mass is 9.99. The number of aromatic nitrogens is 1. The number of anilines is 1. The molecule has 1 aromatic heterocycles. The zero-order chi connectivity index (χ0) is 16.5. The summed E-state index contributed by atoms with van der Waals surface area (Å²) in [5.74, 6) is -0.00164. The minimum Gasteiger partial charge on any atom is -0.307 e. The van der Waals surface area contributed by atoms with Gasteiger partial charge in [0, 0.05) is 23.2 Å². The summed E-state index contributed by atoms with van der Waals surface area (Å²) in [5, 5.41) is 2.76. The van der Waals surface area contributed by atoms with Crippen LogP contribution in [0, 0.1) is 6.92 Å². The first-order valence-corrected chi connectivity index (χ1v) is 9.03. The Morgan fingerprint density at radius 1 is 1.17 bits per heavy atom. The van der Waals surface area contributed by atoms with Crippen molar-refractivity contribution in [2.45, 2.75) is 19.8 Å². The second-order valence-corrected chi connectivity index (χ2v) is 6.95. The van der Waals surface area contributed by atoms with Crippen LogP contribution in [0.2, 0.25) is 0 Å². The smallest absolute Gasteiger partial charge is 0.277 e. The molecule has 4 heteroatoms. The average Bonchev–Trinajstić information content (AvgIpc) is 3.11. The fraction of sp³-hybridized carbons (Fsp3) is 0.200. The molecule has 1 amide bonds. The third kappa shape index (κ3) is 2.74. The minimum atomic E-state index is -0.00164. The van der Waals surface area contributed by atoms with Gasteiger partial charge in [0.15, 0.2) is 0 Å². The Morgan fingerprint density at radius 3 is 2.83 bits per heavy atom. The predicted molar refractivity (Wildman–Crippen MR) is 98.7 cm³/mol. The topological polar surface area (TPSA) is 33.2 Å². The van der Waals surface area contributed by atoms with Gasteiger partial charge in [-0.05, 0) is 31.4 Å². The summed E-state index contributed by atoms with van der Waals surface area (Å²) in [5.41, 5.74) is 5.12. The van der Waals surface area contributed by atoms with Crippen LogP contribution in [0.3, 0.4) is 0 Å². The van der Waals surface area contributed by atoms with Gasteiger partial charge >= 0.3 is 0 Å². The number of hydrogen-bond donors (Lipinski definition) is 0.